The van der Waals surface area contributed by atoms with Gasteiger partial charge in [-0.25, -0.2) is 23.2 Å². The normalized spacial score (nSPS) is 11.6. The zero-order valence-electron chi connectivity index (χ0n) is 15.2. The van der Waals surface area contributed by atoms with Crippen LogP contribution in [0.5, 0.6) is 0 Å². The summed E-state index contributed by atoms with van der Waals surface area (Å²) in [7, 11) is 0. The highest BCUT2D eigenvalue weighted by molar-refractivity contribution is 6.33. The van der Waals surface area contributed by atoms with Gasteiger partial charge in [-0.2, -0.15) is 4.39 Å². The van der Waals surface area contributed by atoms with E-state index in [2.05, 4.69) is 4.74 Å². The van der Waals surface area contributed by atoms with Crippen LogP contribution >= 0.6 is 11.6 Å². The minimum atomic E-state index is -1.64. The van der Waals surface area contributed by atoms with Crippen LogP contribution < -0.4 is 10.6 Å². The van der Waals surface area contributed by atoms with Gasteiger partial charge in [0.2, 0.25) is 5.83 Å². The zero-order valence-corrected chi connectivity index (χ0v) is 16.0. The summed E-state index contributed by atoms with van der Waals surface area (Å²) in [5, 5.41) is 3.45. The highest BCUT2D eigenvalue weighted by Gasteiger charge is 2.21. The second-order valence-electron chi connectivity index (χ2n) is 5.49. The van der Waals surface area contributed by atoms with Crippen molar-refractivity contribution in [1.82, 2.24) is 5.32 Å². The van der Waals surface area contributed by atoms with E-state index in [-0.39, 0.29) is 17.2 Å². The molecule has 1 aromatic rings. The van der Waals surface area contributed by atoms with Crippen molar-refractivity contribution in [2.75, 3.05) is 18.6 Å². The number of esters is 2. The number of benzene rings is 1. The van der Waals surface area contributed by atoms with Crippen molar-refractivity contribution in [2.24, 2.45) is 0 Å². The van der Waals surface area contributed by atoms with Gasteiger partial charge in [0.15, 0.2) is 0 Å². The Morgan fingerprint density at radius 2 is 1.89 bits per heavy atom. The molecule has 0 bridgehead atoms. The summed E-state index contributed by atoms with van der Waals surface area (Å²) in [6, 6.07) is 0.401. The SMILES string of the molecule is CCOC(=O)/C(F)=C(\CF)NC(=O)Nc1cc(C(=O)OC(C)C)c(Cl)cc1F. The number of carbonyl (C=O) groups is 3. The topological polar surface area (TPSA) is 93.7 Å². The number of nitrogens with one attached hydrogen (secondary N) is 2. The first-order valence-electron chi connectivity index (χ1n) is 8.00. The van der Waals surface area contributed by atoms with E-state index in [1.807, 2.05) is 5.32 Å². The van der Waals surface area contributed by atoms with Crippen LogP contribution in [0.15, 0.2) is 23.7 Å². The molecule has 0 atom stereocenters. The molecule has 28 heavy (non-hydrogen) atoms. The van der Waals surface area contributed by atoms with Crippen molar-refractivity contribution in [3.63, 3.8) is 0 Å². The average Bonchev–Trinajstić information content (AvgIpc) is 2.60. The maximum atomic E-state index is 14.0. The Bertz CT molecular complexity index is 799. The number of halogens is 4. The lowest BCUT2D eigenvalue weighted by Gasteiger charge is -2.13. The van der Waals surface area contributed by atoms with Crippen molar-refractivity contribution in [3.8, 4) is 0 Å². The molecular formula is C17H18ClF3N2O5. The monoisotopic (exact) mass is 422 g/mol. The Kier molecular flexibility index (Phi) is 8.77. The van der Waals surface area contributed by atoms with Gasteiger partial charge in [0.05, 0.1) is 34.7 Å². The molecule has 0 radical (unpaired) electrons. The van der Waals surface area contributed by atoms with Crippen LogP contribution in [0.25, 0.3) is 0 Å². The number of anilines is 1. The minimum Gasteiger partial charge on any atom is -0.461 e. The predicted octanol–water partition coefficient (Wildman–Crippen LogP) is 3.88. The van der Waals surface area contributed by atoms with Gasteiger partial charge in [-0.05, 0) is 32.9 Å². The second kappa shape index (κ2) is 10.5. The maximum Gasteiger partial charge on any atom is 0.369 e. The predicted molar refractivity (Wildman–Crippen MR) is 94.9 cm³/mol. The summed E-state index contributed by atoms with van der Waals surface area (Å²) in [5.41, 5.74) is -1.75. The largest absolute Gasteiger partial charge is 0.461 e. The molecule has 0 saturated carbocycles. The fraction of sp³-hybridized carbons (Fsp3) is 0.353. The molecule has 0 spiro atoms. The van der Waals surface area contributed by atoms with E-state index >= 15 is 0 Å². The molecule has 0 saturated heterocycles. The molecule has 7 nitrogen and oxygen atoms in total. The number of rotatable bonds is 7. The fourth-order valence-corrected chi connectivity index (χ4v) is 2.06. The van der Waals surface area contributed by atoms with E-state index in [0.717, 1.165) is 12.1 Å². The Labute approximate surface area is 163 Å². The van der Waals surface area contributed by atoms with Crippen LogP contribution in [-0.2, 0) is 14.3 Å². The van der Waals surface area contributed by atoms with E-state index in [9.17, 15) is 27.6 Å². The number of ether oxygens (including phenoxy) is 2. The molecule has 0 fully saturated rings. The summed E-state index contributed by atoms with van der Waals surface area (Å²) >= 11 is 5.80. The second-order valence-corrected chi connectivity index (χ2v) is 5.90. The lowest BCUT2D eigenvalue weighted by atomic mass is 10.2. The first kappa shape index (κ1) is 23.3. The Morgan fingerprint density at radius 1 is 1.25 bits per heavy atom. The van der Waals surface area contributed by atoms with E-state index in [1.165, 1.54) is 6.92 Å². The number of hydrogen-bond donors (Lipinski definition) is 2. The van der Waals surface area contributed by atoms with Crippen LogP contribution in [0.2, 0.25) is 5.02 Å². The number of amides is 2. The van der Waals surface area contributed by atoms with Crippen molar-refractivity contribution in [1.29, 1.82) is 0 Å². The molecular weight excluding hydrogens is 405 g/mol. The van der Waals surface area contributed by atoms with Crippen molar-refractivity contribution < 1.29 is 37.0 Å². The lowest BCUT2D eigenvalue weighted by Crippen LogP contribution is -2.31. The minimum absolute atomic E-state index is 0.163. The molecule has 1 aromatic carbocycles. The third kappa shape index (κ3) is 6.45. The Hall–Kier alpha value is -2.75. The molecule has 154 valence electrons. The summed E-state index contributed by atoms with van der Waals surface area (Å²) in [4.78, 5) is 35.1. The van der Waals surface area contributed by atoms with E-state index in [0.29, 0.717) is 0 Å². The van der Waals surface area contributed by atoms with Gasteiger partial charge >= 0.3 is 18.0 Å². The van der Waals surface area contributed by atoms with Crippen LogP contribution in [0.4, 0.5) is 23.7 Å². The third-order valence-corrected chi connectivity index (χ3v) is 3.30. The molecule has 1 rings (SSSR count). The summed E-state index contributed by atoms with van der Waals surface area (Å²) in [5.74, 6) is -4.98. The average molecular weight is 423 g/mol. The quantitative estimate of drug-likeness (QED) is 0.513. The van der Waals surface area contributed by atoms with Crippen LogP contribution in [0.1, 0.15) is 31.1 Å². The number of allylic oxidation sites excluding steroid dienone is 1. The van der Waals surface area contributed by atoms with Crippen LogP contribution in [0.3, 0.4) is 0 Å². The summed E-state index contributed by atoms with van der Waals surface area (Å²) < 4.78 is 50.0. The van der Waals surface area contributed by atoms with E-state index < -0.39 is 53.8 Å². The Morgan fingerprint density at radius 3 is 2.43 bits per heavy atom. The first-order valence-corrected chi connectivity index (χ1v) is 8.38. The van der Waals surface area contributed by atoms with Gasteiger partial charge < -0.3 is 20.1 Å². The molecule has 0 aliphatic rings. The van der Waals surface area contributed by atoms with Gasteiger partial charge in [0.25, 0.3) is 0 Å². The molecule has 0 heterocycles. The zero-order chi connectivity index (χ0) is 21.4. The molecule has 11 heteroatoms. The van der Waals surface area contributed by atoms with E-state index in [1.54, 1.807) is 19.2 Å². The summed E-state index contributed by atoms with van der Waals surface area (Å²) in [6.07, 6.45) is -0.476. The molecule has 0 aliphatic heterocycles. The molecule has 0 aliphatic carbocycles. The van der Waals surface area contributed by atoms with Crippen molar-refractivity contribution in [3.05, 3.63) is 40.1 Å². The van der Waals surface area contributed by atoms with Crippen LogP contribution in [-0.4, -0.2) is 37.4 Å². The maximum absolute atomic E-state index is 14.0. The first-order chi connectivity index (χ1) is 13.1. The molecule has 2 amide bonds. The van der Waals surface area contributed by atoms with Gasteiger partial charge in [-0.1, -0.05) is 11.6 Å². The number of carbonyl (C=O) groups excluding carboxylic acids is 3. The van der Waals surface area contributed by atoms with Gasteiger partial charge in [-0.15, -0.1) is 0 Å². The van der Waals surface area contributed by atoms with Crippen molar-refractivity contribution >= 4 is 35.3 Å². The van der Waals surface area contributed by atoms with Gasteiger partial charge in [0, 0.05) is 0 Å². The van der Waals surface area contributed by atoms with Gasteiger partial charge in [-0.3, -0.25) is 0 Å². The molecule has 2 N–H and O–H groups in total. The fourth-order valence-electron chi connectivity index (χ4n) is 1.83. The van der Waals surface area contributed by atoms with Crippen LogP contribution in [0, 0.1) is 5.82 Å². The van der Waals surface area contributed by atoms with Gasteiger partial charge in [0.1, 0.15) is 12.5 Å². The molecule has 0 unspecified atom stereocenters. The number of hydrogen-bond acceptors (Lipinski definition) is 5. The van der Waals surface area contributed by atoms with Crippen molar-refractivity contribution in [2.45, 2.75) is 26.9 Å². The standard InChI is InChI=1S/C17H18ClF3N2O5/c1-4-27-16(25)14(21)13(7-19)23-17(26)22-12-5-9(10(18)6-11(12)20)15(24)28-8(2)3/h5-6,8H,4,7H2,1-3H3,(H2,22,23,26)/b14-13-. The summed E-state index contributed by atoms with van der Waals surface area (Å²) in [6.45, 7) is 2.89. The van der Waals surface area contributed by atoms with E-state index in [4.69, 9.17) is 16.3 Å². The molecule has 0 aromatic heterocycles. The smallest absolute Gasteiger partial charge is 0.369 e. The number of urea groups is 1. The lowest BCUT2D eigenvalue weighted by molar-refractivity contribution is -0.140. The highest BCUT2D eigenvalue weighted by atomic mass is 35.5. The number of alkyl halides is 1. The highest BCUT2D eigenvalue weighted by Crippen LogP contribution is 2.25. The Balaban J connectivity index is 3.04. The third-order valence-electron chi connectivity index (χ3n) is 2.99.